The van der Waals surface area contributed by atoms with Crippen molar-refractivity contribution in [3.8, 4) is 6.07 Å². The molecule has 0 aliphatic heterocycles. The van der Waals surface area contributed by atoms with Crippen molar-refractivity contribution < 1.29 is 13.6 Å². The number of hydrogen-bond donors (Lipinski definition) is 0. The summed E-state index contributed by atoms with van der Waals surface area (Å²) >= 11 is 0. The van der Waals surface area contributed by atoms with Crippen molar-refractivity contribution in [3.05, 3.63) is 35.9 Å². The zero-order chi connectivity index (χ0) is 14.9. The van der Waals surface area contributed by atoms with Crippen LogP contribution in [0.5, 0.6) is 0 Å². The van der Waals surface area contributed by atoms with E-state index in [0.29, 0.717) is 19.6 Å². The van der Waals surface area contributed by atoms with Gasteiger partial charge in [-0.2, -0.15) is 5.26 Å². The Morgan fingerprint density at radius 1 is 1.25 bits per heavy atom. The van der Waals surface area contributed by atoms with Crippen LogP contribution in [0.2, 0.25) is 0 Å². The number of nitriles is 1. The first-order valence-corrected chi connectivity index (χ1v) is 8.40. The monoisotopic (exact) mass is 293 g/mol. The van der Waals surface area contributed by atoms with Gasteiger partial charge in [-0.15, -0.1) is 0 Å². The molecule has 0 amide bonds. The van der Waals surface area contributed by atoms with Crippen molar-refractivity contribution in [1.82, 2.24) is 0 Å². The van der Waals surface area contributed by atoms with Gasteiger partial charge in [-0.25, -0.2) is 0 Å². The van der Waals surface area contributed by atoms with E-state index >= 15 is 0 Å². The Balaban J connectivity index is 2.56. The second-order valence-electron chi connectivity index (χ2n) is 5.18. The van der Waals surface area contributed by atoms with Crippen LogP contribution in [0.4, 0.5) is 0 Å². The lowest BCUT2D eigenvalue weighted by atomic mass is 10.0. The fraction of sp³-hybridized carbons (Fsp3) is 0.533. The van der Waals surface area contributed by atoms with Gasteiger partial charge < -0.3 is 9.05 Å². The van der Waals surface area contributed by atoms with Gasteiger partial charge in [0.25, 0.3) is 0 Å². The number of benzene rings is 1. The van der Waals surface area contributed by atoms with Crippen LogP contribution in [-0.4, -0.2) is 13.2 Å². The normalized spacial score (nSPS) is 28.9. The van der Waals surface area contributed by atoms with Crippen LogP contribution in [0.3, 0.4) is 0 Å². The van der Waals surface area contributed by atoms with Gasteiger partial charge in [-0.1, -0.05) is 30.3 Å². The van der Waals surface area contributed by atoms with Crippen LogP contribution in [-0.2, 0) is 18.8 Å². The van der Waals surface area contributed by atoms with Crippen LogP contribution in [0, 0.1) is 16.7 Å². The third-order valence-electron chi connectivity index (χ3n) is 3.96. The Hall–Kier alpha value is -1.14. The highest BCUT2D eigenvalue weighted by atomic mass is 31.2. The highest BCUT2D eigenvalue weighted by Gasteiger charge is 2.77. The zero-order valence-corrected chi connectivity index (χ0v) is 13.0. The van der Waals surface area contributed by atoms with E-state index in [1.54, 1.807) is 13.8 Å². The molecule has 0 unspecified atom stereocenters. The highest BCUT2D eigenvalue weighted by molar-refractivity contribution is 7.55. The first kappa shape index (κ1) is 15.3. The van der Waals surface area contributed by atoms with Gasteiger partial charge >= 0.3 is 7.60 Å². The van der Waals surface area contributed by atoms with Crippen molar-refractivity contribution in [1.29, 1.82) is 5.26 Å². The van der Waals surface area contributed by atoms with Gasteiger partial charge in [-0.3, -0.25) is 4.57 Å². The first-order chi connectivity index (χ1) is 9.49. The summed E-state index contributed by atoms with van der Waals surface area (Å²) in [4.78, 5) is 0. The quantitative estimate of drug-likeness (QED) is 0.741. The molecule has 1 aromatic rings. The van der Waals surface area contributed by atoms with E-state index in [-0.39, 0.29) is 0 Å². The first-order valence-electron chi connectivity index (χ1n) is 6.85. The maximum absolute atomic E-state index is 13.3. The third kappa shape index (κ3) is 2.02. The molecule has 2 rings (SSSR count). The molecule has 108 valence electrons. The van der Waals surface area contributed by atoms with Crippen molar-refractivity contribution in [2.45, 2.75) is 32.3 Å². The lowest BCUT2D eigenvalue weighted by Crippen LogP contribution is -2.19. The molecule has 0 saturated heterocycles. The van der Waals surface area contributed by atoms with Crippen LogP contribution < -0.4 is 0 Å². The van der Waals surface area contributed by atoms with E-state index in [1.165, 1.54) is 0 Å². The minimum Gasteiger partial charge on any atom is -0.308 e. The molecule has 5 heteroatoms. The molecule has 0 radical (unpaired) electrons. The molecule has 1 saturated carbocycles. The van der Waals surface area contributed by atoms with Crippen molar-refractivity contribution in [3.63, 3.8) is 0 Å². The number of hydrogen-bond acceptors (Lipinski definition) is 4. The molecule has 0 spiro atoms. The summed E-state index contributed by atoms with van der Waals surface area (Å²) in [5, 5.41) is 8.63. The maximum atomic E-state index is 13.3. The van der Waals surface area contributed by atoms with E-state index in [1.807, 2.05) is 37.3 Å². The van der Waals surface area contributed by atoms with Gasteiger partial charge in [0.2, 0.25) is 0 Å². The average Bonchev–Trinajstić information content (AvgIpc) is 3.10. The highest BCUT2D eigenvalue weighted by Crippen LogP contribution is 2.84. The van der Waals surface area contributed by atoms with Gasteiger partial charge in [0.05, 0.1) is 24.7 Å². The van der Waals surface area contributed by atoms with E-state index in [9.17, 15) is 9.83 Å². The smallest absolute Gasteiger partial charge is 0.308 e. The lowest BCUT2D eigenvalue weighted by molar-refractivity contribution is 0.206. The predicted molar refractivity (Wildman–Crippen MR) is 77.3 cm³/mol. The molecular formula is C15H20NO3P. The summed E-state index contributed by atoms with van der Waals surface area (Å²) in [5.74, 6) is 0. The van der Waals surface area contributed by atoms with Crippen LogP contribution >= 0.6 is 7.60 Å². The molecule has 4 nitrogen and oxygen atoms in total. The number of rotatable bonds is 6. The maximum Gasteiger partial charge on any atom is 0.342 e. The summed E-state index contributed by atoms with van der Waals surface area (Å²) in [6, 6.07) is 11.8. The van der Waals surface area contributed by atoms with Crippen LogP contribution in [0.25, 0.3) is 0 Å². The van der Waals surface area contributed by atoms with E-state index in [4.69, 9.17) is 9.05 Å². The van der Waals surface area contributed by atoms with Gasteiger partial charge in [0, 0.05) is 0 Å². The lowest BCUT2D eigenvalue weighted by Gasteiger charge is -2.28. The van der Waals surface area contributed by atoms with Crippen LogP contribution in [0.1, 0.15) is 32.8 Å². The molecule has 0 aromatic heterocycles. The van der Waals surface area contributed by atoms with Crippen molar-refractivity contribution >= 4 is 7.60 Å². The van der Waals surface area contributed by atoms with E-state index < -0.39 is 18.2 Å². The fourth-order valence-electron chi connectivity index (χ4n) is 2.89. The topological polar surface area (TPSA) is 59.3 Å². The van der Waals surface area contributed by atoms with E-state index in [0.717, 1.165) is 5.56 Å². The van der Waals surface area contributed by atoms with Crippen molar-refractivity contribution in [2.75, 3.05) is 13.2 Å². The summed E-state index contributed by atoms with van der Waals surface area (Å²) in [6.07, 6.45) is 0.498. The standard InChI is InChI=1S/C15H20NO3P/c1-4-18-20(17,19-5-2)15(11-14(15,3)12-16)13-9-7-6-8-10-13/h6-10H,4-5,11H2,1-3H3/t14-,15+/m1/s1. The SMILES string of the molecule is CCOP(=O)(OCC)[C@]1(c2ccccc2)C[C@]1(C)C#N. The molecule has 0 bridgehead atoms. The van der Waals surface area contributed by atoms with Gasteiger partial charge in [0.15, 0.2) is 0 Å². The fourth-order valence-corrected chi connectivity index (χ4v) is 5.71. The largest absolute Gasteiger partial charge is 0.342 e. The molecule has 2 atom stereocenters. The Morgan fingerprint density at radius 3 is 2.20 bits per heavy atom. The molecule has 0 heterocycles. The second kappa shape index (κ2) is 5.33. The molecule has 1 aliphatic carbocycles. The Labute approximate surface area is 120 Å². The Bertz CT molecular complexity index is 558. The summed E-state index contributed by atoms with van der Waals surface area (Å²) in [5.41, 5.74) is 0.142. The second-order valence-corrected chi connectivity index (χ2v) is 7.45. The molecule has 1 aliphatic rings. The summed E-state index contributed by atoms with van der Waals surface area (Å²) in [6.45, 7) is 6.00. The number of nitrogens with zero attached hydrogens (tertiary/aromatic N) is 1. The molecule has 0 N–H and O–H groups in total. The van der Waals surface area contributed by atoms with E-state index in [2.05, 4.69) is 6.07 Å². The molecular weight excluding hydrogens is 273 g/mol. The average molecular weight is 293 g/mol. The Morgan fingerprint density at radius 2 is 1.80 bits per heavy atom. The molecule has 1 fully saturated rings. The molecule has 20 heavy (non-hydrogen) atoms. The zero-order valence-electron chi connectivity index (χ0n) is 12.1. The van der Waals surface area contributed by atoms with Gasteiger partial charge in [0.1, 0.15) is 5.16 Å². The Kier molecular flexibility index (Phi) is 4.07. The van der Waals surface area contributed by atoms with Crippen molar-refractivity contribution in [2.24, 2.45) is 5.41 Å². The minimum atomic E-state index is -3.39. The third-order valence-corrected chi connectivity index (χ3v) is 7.00. The summed E-state index contributed by atoms with van der Waals surface area (Å²) < 4.78 is 24.3. The predicted octanol–water partition coefficient (Wildman–Crippen LogP) is 4.08. The van der Waals surface area contributed by atoms with Gasteiger partial charge in [-0.05, 0) is 32.8 Å². The molecule has 1 aromatic carbocycles. The summed E-state index contributed by atoms with van der Waals surface area (Å²) in [7, 11) is -3.39. The minimum absolute atomic E-state index is 0.299. The van der Waals surface area contributed by atoms with Crippen LogP contribution in [0.15, 0.2) is 30.3 Å².